The molecule has 1 heterocycles. The molecule has 2 aromatic rings. The van der Waals surface area contributed by atoms with E-state index < -0.39 is 0 Å². The van der Waals surface area contributed by atoms with Crippen LogP contribution >= 0.6 is 27.3 Å². The average Bonchev–Trinajstić information content (AvgIpc) is 2.82. The molecule has 0 saturated heterocycles. The molecule has 0 radical (unpaired) electrons. The van der Waals surface area contributed by atoms with Gasteiger partial charge in [-0.3, -0.25) is 5.41 Å². The van der Waals surface area contributed by atoms with Gasteiger partial charge in [-0.2, -0.15) is 0 Å². The first-order chi connectivity index (χ1) is 8.66. The van der Waals surface area contributed by atoms with Crippen molar-refractivity contribution < 1.29 is 4.74 Å². The zero-order valence-electron chi connectivity index (χ0n) is 9.65. The predicted octanol–water partition coefficient (Wildman–Crippen LogP) is 3.42. The molecule has 0 amide bonds. The van der Waals surface area contributed by atoms with E-state index in [-0.39, 0.29) is 5.84 Å². The van der Waals surface area contributed by atoms with Crippen LogP contribution in [0.1, 0.15) is 10.4 Å². The molecule has 0 spiro atoms. The summed E-state index contributed by atoms with van der Waals surface area (Å²) in [7, 11) is 0. The second-order valence-corrected chi connectivity index (χ2v) is 5.68. The number of hydrogen-bond acceptors (Lipinski definition) is 3. The molecule has 94 valence electrons. The van der Waals surface area contributed by atoms with Crippen LogP contribution < -0.4 is 10.5 Å². The minimum Gasteiger partial charge on any atom is -0.492 e. The Hall–Kier alpha value is -1.33. The van der Waals surface area contributed by atoms with E-state index in [1.165, 1.54) is 4.88 Å². The lowest BCUT2D eigenvalue weighted by Crippen LogP contribution is -2.13. The third-order valence-corrected chi connectivity index (χ3v) is 3.85. The molecule has 3 nitrogen and oxygen atoms in total. The fourth-order valence-corrected chi connectivity index (χ4v) is 2.58. The van der Waals surface area contributed by atoms with Crippen LogP contribution in [0.25, 0.3) is 0 Å². The van der Waals surface area contributed by atoms with Gasteiger partial charge < -0.3 is 10.5 Å². The lowest BCUT2D eigenvalue weighted by molar-refractivity contribution is 0.322. The van der Waals surface area contributed by atoms with E-state index in [4.69, 9.17) is 15.9 Å². The fourth-order valence-electron chi connectivity index (χ4n) is 1.55. The average molecular weight is 325 g/mol. The lowest BCUT2D eigenvalue weighted by atomic mass is 10.2. The summed E-state index contributed by atoms with van der Waals surface area (Å²) in [6, 6.07) is 9.59. The molecule has 0 aliphatic rings. The van der Waals surface area contributed by atoms with Gasteiger partial charge in [-0.05, 0) is 29.6 Å². The zero-order valence-corrected chi connectivity index (χ0v) is 12.1. The predicted molar refractivity (Wildman–Crippen MR) is 78.7 cm³/mol. The molecule has 0 bridgehead atoms. The molecule has 2 rings (SSSR count). The first-order valence-electron chi connectivity index (χ1n) is 5.46. The van der Waals surface area contributed by atoms with Crippen molar-refractivity contribution in [2.45, 2.75) is 6.42 Å². The van der Waals surface area contributed by atoms with Crippen LogP contribution in [0.3, 0.4) is 0 Å². The van der Waals surface area contributed by atoms with Gasteiger partial charge in [0, 0.05) is 15.8 Å². The van der Waals surface area contributed by atoms with Crippen molar-refractivity contribution in [3.05, 3.63) is 50.6 Å². The Bertz CT molecular complexity index is 540. The summed E-state index contributed by atoms with van der Waals surface area (Å²) >= 11 is 5.10. The van der Waals surface area contributed by atoms with Crippen LogP contribution in [0.4, 0.5) is 0 Å². The van der Waals surface area contributed by atoms with Crippen molar-refractivity contribution in [3.8, 4) is 5.75 Å². The number of hydrogen-bond donors (Lipinski definition) is 2. The molecular weight excluding hydrogens is 312 g/mol. The molecule has 1 aromatic heterocycles. The number of halogens is 1. The summed E-state index contributed by atoms with van der Waals surface area (Å²) in [6.45, 7) is 0.581. The SMILES string of the molecule is N=C(N)c1ccc(Br)cc1OCCc1cccs1. The van der Waals surface area contributed by atoms with Crippen molar-refractivity contribution in [2.75, 3.05) is 6.61 Å². The third-order valence-electron chi connectivity index (χ3n) is 2.42. The first kappa shape index (κ1) is 13.1. The molecule has 3 N–H and O–H groups in total. The van der Waals surface area contributed by atoms with E-state index in [2.05, 4.69) is 27.4 Å². The molecule has 18 heavy (non-hydrogen) atoms. The van der Waals surface area contributed by atoms with Gasteiger partial charge in [-0.25, -0.2) is 0 Å². The normalized spacial score (nSPS) is 10.3. The maximum absolute atomic E-state index is 7.51. The Balaban J connectivity index is 2.03. The number of rotatable bonds is 5. The van der Waals surface area contributed by atoms with Crippen molar-refractivity contribution in [1.29, 1.82) is 5.41 Å². The highest BCUT2D eigenvalue weighted by molar-refractivity contribution is 9.10. The molecule has 0 unspecified atom stereocenters. The summed E-state index contributed by atoms with van der Waals surface area (Å²) in [6.07, 6.45) is 0.863. The van der Waals surface area contributed by atoms with Crippen LogP contribution in [-0.2, 0) is 6.42 Å². The summed E-state index contributed by atoms with van der Waals surface area (Å²) in [5.74, 6) is 0.669. The molecular formula is C13H13BrN2OS. The van der Waals surface area contributed by atoms with E-state index in [0.717, 1.165) is 10.9 Å². The number of benzene rings is 1. The Labute approximate surface area is 118 Å². The summed E-state index contributed by atoms with van der Waals surface area (Å²) in [5.41, 5.74) is 6.15. The van der Waals surface area contributed by atoms with Crippen LogP contribution in [0.15, 0.2) is 40.2 Å². The standard InChI is InChI=1S/C13H13BrN2OS/c14-9-3-4-11(13(15)16)12(8-9)17-6-5-10-2-1-7-18-10/h1-4,7-8H,5-6H2,(H3,15,16). The number of nitrogens with one attached hydrogen (secondary N) is 1. The molecule has 5 heteroatoms. The van der Waals surface area contributed by atoms with Gasteiger partial charge in [0.05, 0.1) is 12.2 Å². The van der Waals surface area contributed by atoms with Crippen molar-refractivity contribution >= 4 is 33.1 Å². The second-order valence-electron chi connectivity index (χ2n) is 3.73. The van der Waals surface area contributed by atoms with E-state index in [0.29, 0.717) is 17.9 Å². The van der Waals surface area contributed by atoms with E-state index in [1.54, 1.807) is 17.4 Å². The topological polar surface area (TPSA) is 59.1 Å². The highest BCUT2D eigenvalue weighted by Crippen LogP contribution is 2.23. The number of nitrogen functional groups attached to an aromatic ring is 1. The van der Waals surface area contributed by atoms with Crippen molar-refractivity contribution in [2.24, 2.45) is 5.73 Å². The molecule has 0 saturated carbocycles. The molecule has 0 fully saturated rings. The molecule has 0 atom stereocenters. The van der Waals surface area contributed by atoms with Gasteiger partial charge in [-0.15, -0.1) is 11.3 Å². The monoisotopic (exact) mass is 324 g/mol. The van der Waals surface area contributed by atoms with E-state index in [1.807, 2.05) is 18.2 Å². The number of amidine groups is 1. The molecule has 1 aromatic carbocycles. The number of thiophene rings is 1. The zero-order chi connectivity index (χ0) is 13.0. The Morgan fingerprint density at radius 1 is 1.39 bits per heavy atom. The van der Waals surface area contributed by atoms with Crippen molar-refractivity contribution in [1.82, 2.24) is 0 Å². The third kappa shape index (κ3) is 3.34. The summed E-state index contributed by atoms with van der Waals surface area (Å²) in [5, 5.41) is 9.56. The molecule has 0 aliphatic carbocycles. The fraction of sp³-hybridized carbons (Fsp3) is 0.154. The van der Waals surface area contributed by atoms with Gasteiger partial charge in [-0.1, -0.05) is 22.0 Å². The largest absolute Gasteiger partial charge is 0.492 e. The highest BCUT2D eigenvalue weighted by atomic mass is 79.9. The maximum atomic E-state index is 7.51. The second kappa shape index (κ2) is 6.02. The Morgan fingerprint density at radius 3 is 2.89 bits per heavy atom. The van der Waals surface area contributed by atoms with Crippen LogP contribution in [0.5, 0.6) is 5.75 Å². The minimum atomic E-state index is 0.0219. The van der Waals surface area contributed by atoms with Gasteiger partial charge >= 0.3 is 0 Å². The quantitative estimate of drug-likeness (QED) is 0.654. The first-order valence-corrected chi connectivity index (χ1v) is 7.13. The van der Waals surface area contributed by atoms with Gasteiger partial charge in [0.15, 0.2) is 0 Å². The maximum Gasteiger partial charge on any atom is 0.131 e. The number of ether oxygens (including phenoxy) is 1. The Morgan fingerprint density at radius 2 is 2.22 bits per heavy atom. The van der Waals surface area contributed by atoms with Crippen LogP contribution in [-0.4, -0.2) is 12.4 Å². The summed E-state index contributed by atoms with van der Waals surface area (Å²) < 4.78 is 6.62. The van der Waals surface area contributed by atoms with Gasteiger partial charge in [0.2, 0.25) is 0 Å². The van der Waals surface area contributed by atoms with Crippen molar-refractivity contribution in [3.63, 3.8) is 0 Å². The summed E-state index contributed by atoms with van der Waals surface area (Å²) in [4.78, 5) is 1.29. The molecule has 0 aliphatic heterocycles. The number of nitrogens with two attached hydrogens (primary N) is 1. The lowest BCUT2D eigenvalue weighted by Gasteiger charge is -2.10. The van der Waals surface area contributed by atoms with Gasteiger partial charge in [0.25, 0.3) is 0 Å². The van der Waals surface area contributed by atoms with E-state index >= 15 is 0 Å². The smallest absolute Gasteiger partial charge is 0.131 e. The van der Waals surface area contributed by atoms with E-state index in [9.17, 15) is 0 Å². The minimum absolute atomic E-state index is 0.0219. The highest BCUT2D eigenvalue weighted by Gasteiger charge is 2.07. The van der Waals surface area contributed by atoms with Gasteiger partial charge in [0.1, 0.15) is 11.6 Å². The van der Waals surface area contributed by atoms with Crippen LogP contribution in [0, 0.1) is 5.41 Å². The van der Waals surface area contributed by atoms with Crippen LogP contribution in [0.2, 0.25) is 0 Å². The Kier molecular flexibility index (Phi) is 4.38.